The van der Waals surface area contributed by atoms with Gasteiger partial charge in [-0.2, -0.15) is 10.1 Å². The van der Waals surface area contributed by atoms with E-state index in [-0.39, 0.29) is 0 Å². The maximum atomic E-state index is 4.48. The molecule has 0 aliphatic heterocycles. The van der Waals surface area contributed by atoms with Gasteiger partial charge in [0.1, 0.15) is 5.82 Å². The molecule has 0 radical (unpaired) electrons. The summed E-state index contributed by atoms with van der Waals surface area (Å²) < 4.78 is 1.91. The molecule has 2 aromatic heterocycles. The van der Waals surface area contributed by atoms with Crippen LogP contribution in [0.1, 0.15) is 29.4 Å². The number of rotatable bonds is 5. The van der Waals surface area contributed by atoms with Gasteiger partial charge in [0.15, 0.2) is 0 Å². The van der Waals surface area contributed by atoms with Crippen LogP contribution in [0.3, 0.4) is 0 Å². The molecule has 0 bridgehead atoms. The van der Waals surface area contributed by atoms with Gasteiger partial charge in [0.25, 0.3) is 0 Å². The molecule has 2 heterocycles. The maximum Gasteiger partial charge on any atom is 0.224 e. The molecule has 0 saturated heterocycles. The molecule has 0 spiro atoms. The number of hydrogen-bond acceptors (Lipinski definition) is 5. The van der Waals surface area contributed by atoms with Crippen LogP contribution in [0, 0.1) is 20.8 Å². The predicted molar refractivity (Wildman–Crippen MR) is 80.9 cm³/mol. The summed E-state index contributed by atoms with van der Waals surface area (Å²) in [6.07, 6.45) is 1.83. The van der Waals surface area contributed by atoms with E-state index in [0.717, 1.165) is 30.2 Å². The lowest BCUT2D eigenvalue weighted by Crippen LogP contribution is -2.09. The number of aromatic nitrogens is 4. The van der Waals surface area contributed by atoms with Crippen molar-refractivity contribution >= 4 is 11.8 Å². The summed E-state index contributed by atoms with van der Waals surface area (Å²) in [5.41, 5.74) is 4.48. The molecule has 6 nitrogen and oxygen atoms in total. The first-order chi connectivity index (χ1) is 9.52. The first-order valence-electron chi connectivity index (χ1n) is 6.83. The number of hydrogen-bond donors (Lipinski definition) is 2. The monoisotopic (exact) mass is 274 g/mol. The van der Waals surface area contributed by atoms with Gasteiger partial charge in [0.05, 0.1) is 5.69 Å². The van der Waals surface area contributed by atoms with Crippen LogP contribution >= 0.6 is 0 Å². The van der Waals surface area contributed by atoms with Gasteiger partial charge < -0.3 is 10.6 Å². The van der Waals surface area contributed by atoms with Gasteiger partial charge in [-0.05, 0) is 27.7 Å². The Kier molecular flexibility index (Phi) is 4.22. The molecule has 0 aliphatic rings. The molecule has 0 aliphatic carbocycles. The van der Waals surface area contributed by atoms with Gasteiger partial charge in [-0.1, -0.05) is 0 Å². The van der Waals surface area contributed by atoms with E-state index in [1.165, 1.54) is 11.3 Å². The fourth-order valence-corrected chi connectivity index (χ4v) is 2.11. The van der Waals surface area contributed by atoms with Crippen LogP contribution in [0.4, 0.5) is 11.8 Å². The lowest BCUT2D eigenvalue weighted by Gasteiger charge is -2.10. The average Bonchev–Trinajstić information content (AvgIpc) is 2.65. The van der Waals surface area contributed by atoms with Crippen molar-refractivity contribution < 1.29 is 0 Å². The van der Waals surface area contributed by atoms with E-state index in [4.69, 9.17) is 0 Å². The van der Waals surface area contributed by atoms with E-state index in [1.807, 2.05) is 38.7 Å². The minimum Gasteiger partial charge on any atom is -0.365 e. The predicted octanol–water partition coefficient (Wildman–Crippen LogP) is 2.18. The highest BCUT2D eigenvalue weighted by Crippen LogP contribution is 2.17. The summed E-state index contributed by atoms with van der Waals surface area (Å²) in [6, 6.07) is 0. The lowest BCUT2D eigenvalue weighted by atomic mass is 10.2. The molecule has 2 N–H and O–H groups in total. The molecule has 108 valence electrons. The molecule has 20 heavy (non-hydrogen) atoms. The zero-order valence-electron chi connectivity index (χ0n) is 12.8. The van der Waals surface area contributed by atoms with Crippen LogP contribution < -0.4 is 10.6 Å². The lowest BCUT2D eigenvalue weighted by molar-refractivity contribution is 0.730. The van der Waals surface area contributed by atoms with Gasteiger partial charge in [-0.25, -0.2) is 4.98 Å². The Morgan fingerprint density at radius 1 is 1.20 bits per heavy atom. The van der Waals surface area contributed by atoms with E-state index in [9.17, 15) is 0 Å². The maximum absolute atomic E-state index is 4.48. The van der Waals surface area contributed by atoms with E-state index >= 15 is 0 Å². The average molecular weight is 274 g/mol. The zero-order valence-corrected chi connectivity index (χ0v) is 12.8. The van der Waals surface area contributed by atoms with Gasteiger partial charge in [-0.3, -0.25) is 4.68 Å². The van der Waals surface area contributed by atoms with Crippen LogP contribution in [0.5, 0.6) is 0 Å². The molecule has 2 rings (SSSR count). The molecule has 0 aromatic carbocycles. The summed E-state index contributed by atoms with van der Waals surface area (Å²) in [6.45, 7) is 9.66. The van der Waals surface area contributed by atoms with Gasteiger partial charge in [-0.15, -0.1) is 0 Å². The molecule has 0 fully saturated rings. The minimum atomic E-state index is 0.653. The number of anilines is 2. The third-order valence-corrected chi connectivity index (χ3v) is 3.40. The Morgan fingerprint density at radius 3 is 2.55 bits per heavy atom. The van der Waals surface area contributed by atoms with Gasteiger partial charge in [0.2, 0.25) is 5.95 Å². The number of nitrogens with one attached hydrogen (secondary N) is 2. The Bertz CT molecular complexity index is 602. The van der Waals surface area contributed by atoms with Gasteiger partial charge >= 0.3 is 0 Å². The molecule has 0 atom stereocenters. The summed E-state index contributed by atoms with van der Waals surface area (Å²) in [5, 5.41) is 10.9. The Hall–Kier alpha value is -2.11. The topological polar surface area (TPSA) is 67.7 Å². The Morgan fingerprint density at radius 2 is 1.95 bits per heavy atom. The van der Waals surface area contributed by atoms with Crippen molar-refractivity contribution in [2.45, 2.75) is 34.2 Å². The fraction of sp³-hybridized carbons (Fsp3) is 0.500. The molecule has 0 unspecified atom stereocenters. The quantitative estimate of drug-likeness (QED) is 0.874. The van der Waals surface area contributed by atoms with Crippen LogP contribution in [-0.4, -0.2) is 26.3 Å². The Balaban J connectivity index is 2.16. The van der Waals surface area contributed by atoms with Crippen molar-refractivity contribution in [1.82, 2.24) is 19.7 Å². The first kappa shape index (κ1) is 14.3. The van der Waals surface area contributed by atoms with Crippen molar-refractivity contribution in [2.75, 3.05) is 17.2 Å². The number of aryl methyl sites for hydroxylation is 3. The standard InChI is InChI=1S/C14H22N6/c1-6-15-14-17-7-9(2)13(18-14)16-8-12-10(3)19-20(5)11(12)4/h7H,6,8H2,1-5H3,(H2,15,16,17,18). The third kappa shape index (κ3) is 2.89. The van der Waals surface area contributed by atoms with Crippen molar-refractivity contribution in [3.63, 3.8) is 0 Å². The first-order valence-corrected chi connectivity index (χ1v) is 6.83. The largest absolute Gasteiger partial charge is 0.365 e. The fourth-order valence-electron chi connectivity index (χ4n) is 2.11. The van der Waals surface area contributed by atoms with Crippen molar-refractivity contribution in [3.8, 4) is 0 Å². The van der Waals surface area contributed by atoms with E-state index in [0.29, 0.717) is 5.95 Å². The summed E-state index contributed by atoms with van der Waals surface area (Å²) in [5.74, 6) is 1.51. The summed E-state index contributed by atoms with van der Waals surface area (Å²) in [7, 11) is 1.96. The molecular formula is C14H22N6. The second kappa shape index (κ2) is 5.90. The molecule has 0 saturated carbocycles. The van der Waals surface area contributed by atoms with E-state index < -0.39 is 0 Å². The molecule has 2 aromatic rings. The highest BCUT2D eigenvalue weighted by molar-refractivity contribution is 5.47. The van der Waals surface area contributed by atoms with Gasteiger partial charge in [0, 0.05) is 43.2 Å². The van der Waals surface area contributed by atoms with Crippen molar-refractivity contribution in [2.24, 2.45) is 7.05 Å². The van der Waals surface area contributed by atoms with E-state index in [1.54, 1.807) is 0 Å². The summed E-state index contributed by atoms with van der Waals surface area (Å²) >= 11 is 0. The Labute approximate surface area is 119 Å². The molecule has 0 amide bonds. The second-order valence-electron chi connectivity index (χ2n) is 4.88. The van der Waals surface area contributed by atoms with Crippen molar-refractivity contribution in [3.05, 3.63) is 28.7 Å². The van der Waals surface area contributed by atoms with Crippen LogP contribution in [-0.2, 0) is 13.6 Å². The second-order valence-corrected chi connectivity index (χ2v) is 4.88. The van der Waals surface area contributed by atoms with Crippen LogP contribution in [0.2, 0.25) is 0 Å². The summed E-state index contributed by atoms with van der Waals surface area (Å²) in [4.78, 5) is 8.73. The third-order valence-electron chi connectivity index (χ3n) is 3.40. The molecular weight excluding hydrogens is 252 g/mol. The van der Waals surface area contributed by atoms with Crippen molar-refractivity contribution in [1.29, 1.82) is 0 Å². The highest BCUT2D eigenvalue weighted by Gasteiger charge is 2.10. The van der Waals surface area contributed by atoms with Crippen LogP contribution in [0.25, 0.3) is 0 Å². The normalized spacial score (nSPS) is 10.7. The zero-order chi connectivity index (χ0) is 14.7. The highest BCUT2D eigenvalue weighted by atomic mass is 15.3. The minimum absolute atomic E-state index is 0.653. The molecule has 6 heteroatoms. The van der Waals surface area contributed by atoms with E-state index in [2.05, 4.69) is 32.6 Å². The SMILES string of the molecule is CCNc1ncc(C)c(NCc2c(C)nn(C)c2C)n1. The van der Waals surface area contributed by atoms with Crippen LogP contribution in [0.15, 0.2) is 6.20 Å². The smallest absolute Gasteiger partial charge is 0.224 e. The number of nitrogens with zero attached hydrogens (tertiary/aromatic N) is 4.